The molecule has 0 atom stereocenters. The maximum Gasteiger partial charge on any atom is 0.453 e. The van der Waals surface area contributed by atoms with E-state index >= 15 is 0 Å². The molecule has 154 valence electrons. The summed E-state index contributed by atoms with van der Waals surface area (Å²) >= 11 is 0. The van der Waals surface area contributed by atoms with Crippen LogP contribution in [0.4, 0.5) is 13.2 Å². The first-order chi connectivity index (χ1) is 13.7. The summed E-state index contributed by atoms with van der Waals surface area (Å²) in [5.41, 5.74) is 2.52. The van der Waals surface area contributed by atoms with Gasteiger partial charge in [-0.25, -0.2) is 9.50 Å². The smallest absolute Gasteiger partial charge is 0.453 e. The van der Waals surface area contributed by atoms with Gasteiger partial charge in [-0.2, -0.15) is 18.2 Å². The number of alkyl halides is 3. The number of carbonyl (C=O) groups excluding carboxylic acids is 1. The van der Waals surface area contributed by atoms with Gasteiger partial charge in [-0.3, -0.25) is 4.79 Å². The van der Waals surface area contributed by atoms with Crippen LogP contribution in [0.2, 0.25) is 0 Å². The van der Waals surface area contributed by atoms with Gasteiger partial charge in [-0.1, -0.05) is 18.2 Å². The summed E-state index contributed by atoms with van der Waals surface area (Å²) < 4.78 is 44.9. The molecule has 0 aliphatic rings. The number of aryl methyl sites for hydroxylation is 2. The van der Waals surface area contributed by atoms with Crippen LogP contribution < -0.4 is 10.1 Å². The Morgan fingerprint density at radius 1 is 1.21 bits per heavy atom. The number of nitrogens with zero attached hydrogens (tertiary/aromatic N) is 4. The van der Waals surface area contributed by atoms with E-state index in [-0.39, 0.29) is 18.1 Å². The zero-order chi connectivity index (χ0) is 21.2. The lowest BCUT2D eigenvalue weighted by molar-refractivity contribution is -0.144. The summed E-state index contributed by atoms with van der Waals surface area (Å²) in [7, 11) is 1.56. The lowest BCUT2D eigenvalue weighted by Gasteiger charge is -2.11. The number of benzene rings is 1. The number of rotatable bonds is 6. The second-order valence-corrected chi connectivity index (χ2v) is 6.49. The molecule has 0 fully saturated rings. The molecule has 3 rings (SSSR count). The molecule has 0 aliphatic carbocycles. The zero-order valence-corrected chi connectivity index (χ0v) is 16.2. The van der Waals surface area contributed by atoms with Crippen LogP contribution in [-0.4, -0.2) is 32.6 Å². The maximum atomic E-state index is 12.9. The Kier molecular flexibility index (Phi) is 5.71. The molecule has 0 aliphatic heterocycles. The fraction of sp³-hybridized carbons (Fsp3) is 0.368. The molecule has 2 heterocycles. The lowest BCUT2D eigenvalue weighted by Crippen LogP contribution is -2.23. The summed E-state index contributed by atoms with van der Waals surface area (Å²) in [5, 5.41) is 6.33. The summed E-state index contributed by atoms with van der Waals surface area (Å²) in [5.74, 6) is -0.860. The van der Waals surface area contributed by atoms with Gasteiger partial charge in [0.15, 0.2) is 0 Å². The van der Waals surface area contributed by atoms with Crippen LogP contribution >= 0.6 is 0 Å². The van der Waals surface area contributed by atoms with Crippen molar-refractivity contribution in [1.29, 1.82) is 0 Å². The van der Waals surface area contributed by atoms with Gasteiger partial charge in [0.1, 0.15) is 5.75 Å². The van der Waals surface area contributed by atoms with Crippen molar-refractivity contribution in [3.63, 3.8) is 0 Å². The van der Waals surface area contributed by atoms with Gasteiger partial charge in [0, 0.05) is 29.9 Å². The molecule has 7 nitrogen and oxygen atoms in total. The van der Waals surface area contributed by atoms with Crippen molar-refractivity contribution in [2.24, 2.45) is 0 Å². The first-order valence-corrected chi connectivity index (χ1v) is 8.89. The van der Waals surface area contributed by atoms with Crippen molar-refractivity contribution >= 4 is 11.7 Å². The Hall–Kier alpha value is -3.17. The third-order valence-corrected chi connectivity index (χ3v) is 4.57. The number of halogens is 3. The van der Waals surface area contributed by atoms with E-state index in [2.05, 4.69) is 20.4 Å². The fourth-order valence-corrected chi connectivity index (χ4v) is 3.06. The van der Waals surface area contributed by atoms with Crippen LogP contribution in [0.5, 0.6) is 5.75 Å². The predicted molar refractivity (Wildman–Crippen MR) is 98.4 cm³/mol. The Balaban J connectivity index is 1.70. The van der Waals surface area contributed by atoms with Crippen LogP contribution in [0.15, 0.2) is 24.3 Å². The van der Waals surface area contributed by atoms with Crippen molar-refractivity contribution in [3.8, 4) is 5.75 Å². The van der Waals surface area contributed by atoms with Gasteiger partial charge in [0.05, 0.1) is 7.11 Å². The van der Waals surface area contributed by atoms with E-state index in [0.717, 1.165) is 10.1 Å². The second kappa shape index (κ2) is 8.06. The van der Waals surface area contributed by atoms with Crippen molar-refractivity contribution < 1.29 is 22.7 Å². The number of carbonyl (C=O) groups is 1. The Morgan fingerprint density at radius 3 is 2.62 bits per heavy atom. The monoisotopic (exact) mass is 407 g/mol. The second-order valence-electron chi connectivity index (χ2n) is 6.49. The van der Waals surface area contributed by atoms with E-state index in [1.165, 1.54) is 0 Å². The summed E-state index contributed by atoms with van der Waals surface area (Å²) in [4.78, 5) is 19.8. The van der Waals surface area contributed by atoms with Crippen molar-refractivity contribution in [2.75, 3.05) is 7.11 Å². The number of aromatic nitrogens is 4. The van der Waals surface area contributed by atoms with Crippen LogP contribution in [0, 0.1) is 13.8 Å². The van der Waals surface area contributed by atoms with E-state index in [4.69, 9.17) is 4.74 Å². The average Bonchev–Trinajstić information content (AvgIpc) is 3.11. The molecule has 0 saturated heterocycles. The number of hydrogen-bond acceptors (Lipinski definition) is 5. The van der Waals surface area contributed by atoms with E-state index in [9.17, 15) is 18.0 Å². The molecular weight excluding hydrogens is 387 g/mol. The minimum atomic E-state index is -4.65. The van der Waals surface area contributed by atoms with Crippen molar-refractivity contribution in [2.45, 2.75) is 39.4 Å². The van der Waals surface area contributed by atoms with Crippen molar-refractivity contribution in [3.05, 3.63) is 52.6 Å². The Bertz CT molecular complexity index is 1050. The fourth-order valence-electron chi connectivity index (χ4n) is 3.06. The van der Waals surface area contributed by atoms with Gasteiger partial charge >= 0.3 is 6.18 Å². The largest absolute Gasteiger partial charge is 0.496 e. The van der Waals surface area contributed by atoms with E-state index < -0.39 is 12.0 Å². The predicted octanol–water partition coefficient (Wildman–Crippen LogP) is 3.02. The van der Waals surface area contributed by atoms with Gasteiger partial charge in [0.25, 0.3) is 11.6 Å². The van der Waals surface area contributed by atoms with Gasteiger partial charge < -0.3 is 10.1 Å². The molecule has 2 aromatic heterocycles. The molecule has 10 heteroatoms. The lowest BCUT2D eigenvalue weighted by atomic mass is 10.1. The highest BCUT2D eigenvalue weighted by atomic mass is 19.4. The van der Waals surface area contributed by atoms with Crippen LogP contribution in [0.25, 0.3) is 5.78 Å². The Morgan fingerprint density at radius 2 is 1.93 bits per heavy atom. The highest BCUT2D eigenvalue weighted by molar-refractivity contribution is 5.76. The molecule has 29 heavy (non-hydrogen) atoms. The normalized spacial score (nSPS) is 11.7. The maximum absolute atomic E-state index is 12.9. The molecule has 0 radical (unpaired) electrons. The number of ether oxygens (including phenoxy) is 1. The number of nitrogens with one attached hydrogen (secondary N) is 1. The van der Waals surface area contributed by atoms with E-state index in [1.54, 1.807) is 21.0 Å². The number of para-hydroxylation sites is 1. The highest BCUT2D eigenvalue weighted by Crippen LogP contribution is 2.27. The number of fused-ring (bicyclic) bond motifs is 1. The van der Waals surface area contributed by atoms with Crippen LogP contribution in [0.3, 0.4) is 0 Å². The first-order valence-electron chi connectivity index (χ1n) is 8.89. The van der Waals surface area contributed by atoms with Gasteiger partial charge in [-0.05, 0) is 31.9 Å². The van der Waals surface area contributed by atoms with Crippen LogP contribution in [-0.2, 0) is 23.9 Å². The molecule has 0 spiro atoms. The Labute approximate surface area is 164 Å². The highest BCUT2D eigenvalue weighted by Gasteiger charge is 2.36. The quantitative estimate of drug-likeness (QED) is 0.679. The number of hydrogen-bond donors (Lipinski definition) is 1. The third kappa shape index (κ3) is 4.47. The minimum absolute atomic E-state index is 0.114. The summed E-state index contributed by atoms with van der Waals surface area (Å²) in [6, 6.07) is 7.36. The molecular formula is C19H20F3N5O2. The van der Waals surface area contributed by atoms with E-state index in [1.807, 2.05) is 24.3 Å². The topological polar surface area (TPSA) is 81.4 Å². The van der Waals surface area contributed by atoms with Crippen molar-refractivity contribution in [1.82, 2.24) is 24.9 Å². The molecule has 0 saturated carbocycles. The average molecular weight is 407 g/mol. The standard InChI is InChI=1S/C19H20F3N5O2/c1-11-14(12(2)27-18(24-11)25-17(26-27)19(20,21)22)8-9-16(28)23-10-13-6-4-5-7-15(13)29-3/h4-7H,8-10H2,1-3H3,(H,23,28). The summed E-state index contributed by atoms with van der Waals surface area (Å²) in [6.07, 6.45) is -4.17. The van der Waals surface area contributed by atoms with E-state index in [0.29, 0.717) is 35.7 Å². The van der Waals surface area contributed by atoms with Gasteiger partial charge in [0.2, 0.25) is 5.91 Å². The zero-order valence-electron chi connectivity index (χ0n) is 16.2. The minimum Gasteiger partial charge on any atom is -0.496 e. The number of amides is 1. The van der Waals surface area contributed by atoms with Crippen LogP contribution in [0.1, 0.15) is 34.8 Å². The molecule has 1 aromatic carbocycles. The molecule has 0 bridgehead atoms. The van der Waals surface area contributed by atoms with Gasteiger partial charge in [-0.15, -0.1) is 5.10 Å². The molecule has 3 aromatic rings. The molecule has 1 N–H and O–H groups in total. The molecule has 1 amide bonds. The molecule has 0 unspecified atom stereocenters. The third-order valence-electron chi connectivity index (χ3n) is 4.57. The number of methoxy groups -OCH3 is 1. The SMILES string of the molecule is COc1ccccc1CNC(=O)CCc1c(C)nc2nc(C(F)(F)F)nn2c1C. The first kappa shape index (κ1) is 20.6. The summed E-state index contributed by atoms with van der Waals surface area (Å²) in [6.45, 7) is 3.63.